The van der Waals surface area contributed by atoms with E-state index in [1.165, 1.54) is 32.4 Å². The van der Waals surface area contributed by atoms with Gasteiger partial charge in [0.25, 0.3) is 5.69 Å². The van der Waals surface area contributed by atoms with E-state index in [4.69, 9.17) is 42.6 Å². The highest BCUT2D eigenvalue weighted by Crippen LogP contribution is 2.36. The van der Waals surface area contributed by atoms with Crippen molar-refractivity contribution in [1.82, 2.24) is 19.9 Å². The van der Waals surface area contributed by atoms with Crippen molar-refractivity contribution < 1.29 is 77.6 Å². The number of esters is 1. The Bertz CT molecular complexity index is 2160. The second-order valence-electron chi connectivity index (χ2n) is 20.6. The van der Waals surface area contributed by atoms with Crippen LogP contribution in [0.5, 0.6) is 0 Å². The van der Waals surface area contributed by atoms with Crippen LogP contribution >= 0.6 is 0 Å². The van der Waals surface area contributed by atoms with E-state index in [9.17, 15) is 40.1 Å². The van der Waals surface area contributed by atoms with Crippen LogP contribution in [0.25, 0.3) is 0 Å². The fourth-order valence-corrected chi connectivity index (χ4v) is 10.2. The molecule has 10 unspecified atom stereocenters. The first kappa shape index (κ1) is 66.4. The summed E-state index contributed by atoms with van der Waals surface area (Å²) >= 11 is 0. The van der Waals surface area contributed by atoms with E-state index in [2.05, 4.69) is 10.3 Å². The van der Waals surface area contributed by atoms with Gasteiger partial charge in [-0.3, -0.25) is 29.3 Å². The van der Waals surface area contributed by atoms with Crippen molar-refractivity contribution in [3.8, 4) is 0 Å². The number of cyclic esters (lactones) is 1. The van der Waals surface area contributed by atoms with Gasteiger partial charge in [0, 0.05) is 76.5 Å². The van der Waals surface area contributed by atoms with Crippen LogP contribution in [0.1, 0.15) is 106 Å². The maximum absolute atomic E-state index is 13.9. The van der Waals surface area contributed by atoms with Gasteiger partial charge in [-0.05, 0) is 91.5 Å². The fraction of sp³-hybridized carbons (Fsp3) is 0.750. The Balaban J connectivity index is 0.000000609. The summed E-state index contributed by atoms with van der Waals surface area (Å²) in [5, 5.41) is 63.8. The van der Waals surface area contributed by atoms with Gasteiger partial charge in [0.05, 0.1) is 60.2 Å². The number of aliphatic hydroxyl groups excluding tert-OH is 4. The minimum Gasteiger partial charge on any atom is -0.462 e. The number of rotatable bonds is 21. The smallest absolute Gasteiger partial charge is 0.308 e. The number of ether oxygens (including phenoxy) is 9. The summed E-state index contributed by atoms with van der Waals surface area (Å²) in [4.78, 5) is 39.7. The predicted octanol–water partition coefficient (Wildman–Crippen LogP) is 5.14. The van der Waals surface area contributed by atoms with E-state index in [1.807, 2.05) is 65.6 Å². The van der Waals surface area contributed by atoms with Crippen molar-refractivity contribution in [2.75, 3.05) is 47.6 Å². The van der Waals surface area contributed by atoms with Crippen LogP contribution in [0.2, 0.25) is 0 Å². The average molecular weight is 1110 g/mol. The SMILES string of the molecule is CCOC(C[C@H]1C[C@@H](C)C(=O)/C=C/C(C)=C/[C@H](COC2OC(C)C(O)C(OC)C2OC)[C@@H](CC)OC(=O)C[C@@H](O)[C@H](C)[C@H]1OC1OC(C)C(O)C(N(C)CC)C1O)OCC.CCc1cn(CCc2ccc([N+](=O)[O-])cc2)nn1. The van der Waals surface area contributed by atoms with Gasteiger partial charge in [-0.1, -0.05) is 69.7 Å². The van der Waals surface area contributed by atoms with Gasteiger partial charge in [-0.25, -0.2) is 0 Å². The van der Waals surface area contributed by atoms with Gasteiger partial charge in [-0.15, -0.1) is 5.10 Å². The van der Waals surface area contributed by atoms with Crippen LogP contribution in [0.4, 0.5) is 5.69 Å². The third-order valence-electron chi connectivity index (χ3n) is 15.0. The number of likely N-dealkylation sites (N-methyl/N-ethyl adjacent to an activating group) is 1. The van der Waals surface area contributed by atoms with Gasteiger partial charge in [0.2, 0.25) is 0 Å². The number of carbonyl (C=O) groups is 2. The zero-order chi connectivity index (χ0) is 57.8. The molecule has 1 aromatic carbocycles. The molecule has 2 aromatic rings. The van der Waals surface area contributed by atoms with Crippen molar-refractivity contribution in [1.29, 1.82) is 0 Å². The van der Waals surface area contributed by atoms with E-state index < -0.39 is 121 Å². The number of nitrogens with zero attached hydrogens (tertiary/aromatic N) is 5. The van der Waals surface area contributed by atoms with E-state index in [-0.39, 0.29) is 37.3 Å². The molecule has 1 aromatic heterocycles. The van der Waals surface area contributed by atoms with Crippen LogP contribution in [-0.4, -0.2) is 191 Å². The summed E-state index contributed by atoms with van der Waals surface area (Å²) in [6.45, 7) is 20.4. The number of aryl methyl sites for hydroxylation is 3. The molecule has 0 amide bonds. The summed E-state index contributed by atoms with van der Waals surface area (Å²) in [5.41, 5.74) is 2.86. The molecule has 2 saturated heterocycles. The van der Waals surface area contributed by atoms with E-state index >= 15 is 0 Å². The molecule has 0 saturated carbocycles. The second kappa shape index (κ2) is 32.9. The number of non-ortho nitro benzene ring substituents is 1. The number of ketones is 1. The van der Waals surface area contributed by atoms with Crippen molar-refractivity contribution in [2.24, 2.45) is 23.7 Å². The van der Waals surface area contributed by atoms with Gasteiger partial charge < -0.3 is 63.1 Å². The molecule has 0 spiro atoms. The molecule has 0 radical (unpaired) electrons. The number of allylic oxidation sites excluding steroid dienone is 3. The first-order chi connectivity index (χ1) is 37.1. The lowest BCUT2D eigenvalue weighted by atomic mass is 9.79. The summed E-state index contributed by atoms with van der Waals surface area (Å²) in [7, 11) is 4.76. The average Bonchev–Trinajstić information content (AvgIpc) is 3.90. The summed E-state index contributed by atoms with van der Waals surface area (Å²) in [6, 6.07) is 5.88. The molecule has 2 fully saturated rings. The number of nitro groups is 1. The fourth-order valence-electron chi connectivity index (χ4n) is 10.2. The van der Waals surface area contributed by atoms with E-state index in [1.54, 1.807) is 50.7 Å². The molecule has 78 heavy (non-hydrogen) atoms. The first-order valence-corrected chi connectivity index (χ1v) is 27.7. The highest BCUT2D eigenvalue weighted by Gasteiger charge is 2.49. The van der Waals surface area contributed by atoms with E-state index in [0.717, 1.165) is 36.2 Å². The van der Waals surface area contributed by atoms with E-state index in [0.29, 0.717) is 26.2 Å². The zero-order valence-corrected chi connectivity index (χ0v) is 48.1. The molecule has 17 atom stereocenters. The highest BCUT2D eigenvalue weighted by molar-refractivity contribution is 5.91. The normalized spacial score (nSPS) is 33.7. The maximum atomic E-state index is 13.9. The van der Waals surface area contributed by atoms with Gasteiger partial charge in [0.1, 0.15) is 30.5 Å². The summed E-state index contributed by atoms with van der Waals surface area (Å²) < 4.78 is 56.2. The Kier molecular flexibility index (Phi) is 28.0. The molecule has 4 heterocycles. The molecule has 4 N–H and O–H groups in total. The Morgan fingerprint density at radius 2 is 1.51 bits per heavy atom. The predicted molar refractivity (Wildman–Crippen MR) is 288 cm³/mol. The van der Waals surface area contributed by atoms with Crippen molar-refractivity contribution in [3.05, 3.63) is 75.6 Å². The topological polar surface area (TPSA) is 275 Å². The molecule has 0 aliphatic carbocycles. The van der Waals surface area contributed by atoms with Crippen molar-refractivity contribution in [2.45, 2.75) is 200 Å². The van der Waals surface area contributed by atoms with Crippen LogP contribution in [0, 0.1) is 33.8 Å². The summed E-state index contributed by atoms with van der Waals surface area (Å²) in [6.07, 6.45) is -2.45. The number of aromatic nitrogens is 3. The lowest BCUT2D eigenvalue weighted by Gasteiger charge is -2.47. The Morgan fingerprint density at radius 3 is 2.09 bits per heavy atom. The number of benzene rings is 1. The van der Waals surface area contributed by atoms with Crippen LogP contribution in [0.3, 0.4) is 0 Å². The number of aliphatic hydroxyl groups is 4. The third-order valence-corrected chi connectivity index (χ3v) is 15.0. The van der Waals surface area contributed by atoms with Crippen molar-refractivity contribution in [3.63, 3.8) is 0 Å². The number of nitro benzene ring substituents is 1. The van der Waals surface area contributed by atoms with Crippen LogP contribution in [0.15, 0.2) is 54.3 Å². The molecule has 3 aliphatic rings. The number of methoxy groups -OCH3 is 2. The largest absolute Gasteiger partial charge is 0.462 e. The Hall–Kier alpha value is -4.14. The minimum absolute atomic E-state index is 0.0213. The standard InChI is InChI=1S/C44H77NO15.C12H14N4O2/c1-13-33-30(23-56-44-42(53-12)41(52-11)38(50)28(9)58-44)19-24(5)17-18-31(46)25(6)20-29(21-35(54-15-3)55-16-4)40(26(7)32(47)22-34(48)59-33)60-43-39(51)36(45(10)14-2)37(49)27(8)57-43;1-2-11-9-15(14-13-11)8-7-10-3-5-12(6-4-10)16(17)18/h17-19,25-30,32-33,35-44,47,49-51H,13-16,20-23H2,1-12H3;3-6,9H,2,7-8H2,1H3/b18-17+,24-19+;/t25-,26+,27?,28?,29-,30-,32-,33-,36?,37?,38?,39?,40-,41?,42?,43?,44?;/m1./s1. The van der Waals surface area contributed by atoms with Crippen LogP contribution in [-0.2, 0) is 71.6 Å². The Morgan fingerprint density at radius 1 is 0.872 bits per heavy atom. The molecule has 0 bridgehead atoms. The molecule has 22 heteroatoms. The van der Waals surface area contributed by atoms with Gasteiger partial charge in [-0.2, -0.15) is 0 Å². The third kappa shape index (κ3) is 19.0. The summed E-state index contributed by atoms with van der Waals surface area (Å²) in [5.74, 6) is -3.11. The molecular weight excluding hydrogens is 1010 g/mol. The molecule has 442 valence electrons. The molecular formula is C56H91N5O17. The molecule has 22 nitrogen and oxygen atoms in total. The molecule has 3 aliphatic heterocycles. The van der Waals surface area contributed by atoms with Gasteiger partial charge in [0.15, 0.2) is 24.7 Å². The number of hydrogen-bond donors (Lipinski definition) is 4. The van der Waals surface area contributed by atoms with Crippen LogP contribution < -0.4 is 0 Å². The molecule has 5 rings (SSSR count). The van der Waals surface area contributed by atoms with Crippen molar-refractivity contribution >= 4 is 17.4 Å². The quantitative estimate of drug-likeness (QED) is 0.0545. The lowest BCUT2D eigenvalue weighted by molar-refractivity contribution is -0.384. The number of hydrogen-bond acceptors (Lipinski definition) is 20. The second-order valence-corrected chi connectivity index (χ2v) is 20.6. The monoisotopic (exact) mass is 1110 g/mol. The first-order valence-electron chi connectivity index (χ1n) is 27.7. The zero-order valence-electron chi connectivity index (χ0n) is 48.1. The number of carbonyl (C=O) groups excluding carboxylic acids is 2. The maximum Gasteiger partial charge on any atom is 0.308 e. The van der Waals surface area contributed by atoms with Gasteiger partial charge >= 0.3 is 5.97 Å². The highest BCUT2D eigenvalue weighted by atomic mass is 16.7. The Labute approximate surface area is 460 Å². The lowest BCUT2D eigenvalue weighted by Crippen LogP contribution is -2.63. The minimum atomic E-state index is -1.29.